The molecule has 0 saturated carbocycles. The van der Waals surface area contributed by atoms with Gasteiger partial charge in [0.15, 0.2) is 11.5 Å². The van der Waals surface area contributed by atoms with Gasteiger partial charge < -0.3 is 25.9 Å². The number of carboxylic acids is 1. The van der Waals surface area contributed by atoms with Gasteiger partial charge in [0, 0.05) is 5.56 Å². The number of carbonyl (C=O) groups is 1. The summed E-state index contributed by atoms with van der Waals surface area (Å²) < 4.78 is 0. The molecule has 6 nitrogen and oxygen atoms in total. The molecule has 0 unspecified atom stereocenters. The van der Waals surface area contributed by atoms with Gasteiger partial charge in [-0.3, -0.25) is 0 Å². The van der Waals surface area contributed by atoms with Crippen LogP contribution in [0.4, 0.5) is 0 Å². The Kier molecular flexibility index (Phi) is 3.30. The number of benzene rings is 1. The topological polar surface area (TPSA) is 129 Å². The lowest BCUT2D eigenvalue weighted by atomic mass is 10.1. The van der Waals surface area contributed by atoms with Gasteiger partial charge in [-0.1, -0.05) is 0 Å². The highest BCUT2D eigenvalue weighted by Crippen LogP contribution is 2.38. The number of rotatable bonds is 1. The third kappa shape index (κ3) is 1.69. The zero-order valence-electron chi connectivity index (χ0n) is 7.27. The monoisotopic (exact) mass is 202 g/mol. The molecule has 78 valence electrons. The summed E-state index contributed by atoms with van der Waals surface area (Å²) in [6.45, 7) is 1.33. The number of aromatic carboxylic acids is 1. The Morgan fingerprint density at radius 2 is 1.71 bits per heavy atom. The van der Waals surface area contributed by atoms with E-state index in [1.165, 1.54) is 6.92 Å². The highest BCUT2D eigenvalue weighted by atomic mass is 16.4. The molecular weight excluding hydrogens is 192 g/mol. The molecule has 0 radical (unpaired) electrons. The molecule has 0 aliphatic carbocycles. The minimum atomic E-state index is -1.27. The molecule has 1 aromatic carbocycles. The van der Waals surface area contributed by atoms with Crippen molar-refractivity contribution in [2.24, 2.45) is 0 Å². The first-order valence-electron chi connectivity index (χ1n) is 3.43. The molecule has 6 heteroatoms. The van der Waals surface area contributed by atoms with E-state index in [2.05, 4.69) is 0 Å². The second kappa shape index (κ2) is 3.84. The Morgan fingerprint density at radius 3 is 2.14 bits per heavy atom. The fraction of sp³-hybridized carbons (Fsp3) is 0.125. The average Bonchev–Trinajstić information content (AvgIpc) is 2.07. The summed E-state index contributed by atoms with van der Waals surface area (Å²) in [6, 6.07) is 0.882. The Balaban J connectivity index is 0.00000169. The van der Waals surface area contributed by atoms with Crippen molar-refractivity contribution in [2.75, 3.05) is 0 Å². The molecule has 0 heterocycles. The lowest BCUT2D eigenvalue weighted by Crippen LogP contribution is -1.99. The van der Waals surface area contributed by atoms with Gasteiger partial charge in [-0.25, -0.2) is 4.79 Å². The summed E-state index contributed by atoms with van der Waals surface area (Å²) >= 11 is 0. The number of hydrogen-bond acceptors (Lipinski definition) is 4. The van der Waals surface area contributed by atoms with E-state index >= 15 is 0 Å². The van der Waals surface area contributed by atoms with Gasteiger partial charge in [0.1, 0.15) is 0 Å². The maximum absolute atomic E-state index is 10.5. The van der Waals surface area contributed by atoms with Crippen molar-refractivity contribution >= 4 is 5.97 Å². The Hall–Kier alpha value is -1.95. The van der Waals surface area contributed by atoms with Crippen LogP contribution in [0.15, 0.2) is 6.07 Å². The molecule has 0 saturated heterocycles. The second-order valence-electron chi connectivity index (χ2n) is 2.57. The minimum absolute atomic E-state index is 0. The summed E-state index contributed by atoms with van der Waals surface area (Å²) in [5.74, 6) is -3.25. The smallest absolute Gasteiger partial charge is 0.336 e. The van der Waals surface area contributed by atoms with E-state index in [1.807, 2.05) is 0 Å². The van der Waals surface area contributed by atoms with E-state index < -0.39 is 23.2 Å². The van der Waals surface area contributed by atoms with Crippen LogP contribution in [0.5, 0.6) is 17.2 Å². The number of aromatic hydroxyl groups is 3. The maximum atomic E-state index is 10.5. The van der Waals surface area contributed by atoms with Crippen LogP contribution in [0, 0.1) is 6.92 Å². The standard InChI is InChI=1S/C8H8O5.H2O/c1-3-4(8(12)13)2-5(9)7(11)6(3)10;/h2,9-11H,1H3,(H,12,13);1H2. The molecule has 0 fully saturated rings. The van der Waals surface area contributed by atoms with Gasteiger partial charge in [0.2, 0.25) is 5.75 Å². The zero-order valence-corrected chi connectivity index (χ0v) is 7.27. The van der Waals surface area contributed by atoms with Crippen molar-refractivity contribution in [1.29, 1.82) is 0 Å². The first-order valence-corrected chi connectivity index (χ1v) is 3.43. The van der Waals surface area contributed by atoms with Gasteiger partial charge >= 0.3 is 5.97 Å². The van der Waals surface area contributed by atoms with E-state index in [0.717, 1.165) is 6.07 Å². The van der Waals surface area contributed by atoms with Crippen LogP contribution in [-0.4, -0.2) is 31.9 Å². The van der Waals surface area contributed by atoms with Crippen LogP contribution < -0.4 is 0 Å². The molecule has 1 aromatic rings. The molecule has 0 aliphatic heterocycles. The van der Waals surface area contributed by atoms with Gasteiger partial charge in [-0.05, 0) is 13.0 Å². The summed E-state index contributed by atoms with van der Waals surface area (Å²) in [6.07, 6.45) is 0. The fourth-order valence-corrected chi connectivity index (χ4v) is 0.962. The Labute approximate surface area is 79.0 Å². The van der Waals surface area contributed by atoms with Crippen LogP contribution in [0.1, 0.15) is 15.9 Å². The largest absolute Gasteiger partial charge is 0.504 e. The lowest BCUT2D eigenvalue weighted by Gasteiger charge is -2.06. The predicted octanol–water partition coefficient (Wildman–Crippen LogP) is -0.0147. The molecule has 0 atom stereocenters. The minimum Gasteiger partial charge on any atom is -0.504 e. The van der Waals surface area contributed by atoms with Crippen LogP contribution in [0.2, 0.25) is 0 Å². The predicted molar refractivity (Wildman–Crippen MR) is 46.7 cm³/mol. The number of phenolic OH excluding ortho intramolecular Hbond substituents is 3. The summed E-state index contributed by atoms with van der Waals surface area (Å²) in [7, 11) is 0. The quantitative estimate of drug-likeness (QED) is 0.475. The Morgan fingerprint density at radius 1 is 1.21 bits per heavy atom. The molecule has 0 bridgehead atoms. The van der Waals surface area contributed by atoms with E-state index in [9.17, 15) is 4.79 Å². The molecule has 1 rings (SSSR count). The zero-order chi connectivity index (χ0) is 10.2. The van der Waals surface area contributed by atoms with E-state index in [0.29, 0.717) is 0 Å². The van der Waals surface area contributed by atoms with Crippen molar-refractivity contribution in [3.8, 4) is 17.2 Å². The average molecular weight is 202 g/mol. The first-order chi connectivity index (χ1) is 5.95. The molecule has 0 amide bonds. The number of phenols is 3. The highest BCUT2D eigenvalue weighted by molar-refractivity contribution is 5.91. The van der Waals surface area contributed by atoms with Gasteiger partial charge in [-0.2, -0.15) is 0 Å². The molecule has 0 spiro atoms. The van der Waals surface area contributed by atoms with Gasteiger partial charge in [0.25, 0.3) is 0 Å². The van der Waals surface area contributed by atoms with Gasteiger partial charge in [-0.15, -0.1) is 0 Å². The van der Waals surface area contributed by atoms with Crippen molar-refractivity contribution in [2.45, 2.75) is 6.92 Å². The van der Waals surface area contributed by atoms with E-state index in [1.54, 1.807) is 0 Å². The first kappa shape index (κ1) is 12.0. The van der Waals surface area contributed by atoms with Crippen molar-refractivity contribution < 1.29 is 30.7 Å². The third-order valence-corrected chi connectivity index (χ3v) is 1.74. The fourth-order valence-electron chi connectivity index (χ4n) is 0.962. The maximum Gasteiger partial charge on any atom is 0.336 e. The van der Waals surface area contributed by atoms with E-state index in [-0.39, 0.29) is 16.6 Å². The number of carboxylic acid groups (broad SMARTS) is 1. The van der Waals surface area contributed by atoms with Crippen molar-refractivity contribution in [3.05, 3.63) is 17.2 Å². The third-order valence-electron chi connectivity index (χ3n) is 1.74. The van der Waals surface area contributed by atoms with Crippen molar-refractivity contribution in [1.82, 2.24) is 0 Å². The van der Waals surface area contributed by atoms with Gasteiger partial charge in [0.05, 0.1) is 5.56 Å². The molecular formula is C8H10O6. The second-order valence-corrected chi connectivity index (χ2v) is 2.57. The van der Waals surface area contributed by atoms with Crippen LogP contribution in [-0.2, 0) is 0 Å². The molecule has 6 N–H and O–H groups in total. The van der Waals surface area contributed by atoms with Crippen LogP contribution >= 0.6 is 0 Å². The summed E-state index contributed by atoms with van der Waals surface area (Å²) in [4.78, 5) is 10.5. The molecule has 0 aromatic heterocycles. The lowest BCUT2D eigenvalue weighted by molar-refractivity contribution is 0.0695. The SMILES string of the molecule is Cc1c(C(=O)O)cc(O)c(O)c1O.O. The summed E-state index contributed by atoms with van der Waals surface area (Å²) in [5.41, 5.74) is -0.226. The van der Waals surface area contributed by atoms with Crippen molar-refractivity contribution in [3.63, 3.8) is 0 Å². The molecule has 14 heavy (non-hydrogen) atoms. The van der Waals surface area contributed by atoms with Crippen LogP contribution in [0.25, 0.3) is 0 Å². The summed E-state index contributed by atoms with van der Waals surface area (Å²) in [5, 5.41) is 35.7. The van der Waals surface area contributed by atoms with Crippen LogP contribution in [0.3, 0.4) is 0 Å². The normalized spacial score (nSPS) is 9.21. The van der Waals surface area contributed by atoms with E-state index in [4.69, 9.17) is 20.4 Å². The molecule has 0 aliphatic rings. The highest BCUT2D eigenvalue weighted by Gasteiger charge is 2.17. The number of hydrogen-bond donors (Lipinski definition) is 4. The Bertz CT molecular complexity index is 371.